The van der Waals surface area contributed by atoms with Gasteiger partial charge in [0.1, 0.15) is 0 Å². The molecule has 2 amide bonds. The van der Waals surface area contributed by atoms with Crippen molar-refractivity contribution in [1.29, 1.82) is 0 Å². The molecule has 0 saturated carbocycles. The van der Waals surface area contributed by atoms with Crippen LogP contribution in [0.1, 0.15) is 29.5 Å². The zero-order valence-electron chi connectivity index (χ0n) is 19.3. The summed E-state index contributed by atoms with van der Waals surface area (Å²) in [5.74, 6) is 1.30. The summed E-state index contributed by atoms with van der Waals surface area (Å²) in [7, 11) is 4.87. The van der Waals surface area contributed by atoms with Crippen LogP contribution in [0.4, 0.5) is 10.5 Å². The molecule has 0 spiro atoms. The molecule has 2 aromatic carbocycles. The van der Waals surface area contributed by atoms with E-state index >= 15 is 0 Å². The van der Waals surface area contributed by atoms with Gasteiger partial charge in [-0.05, 0) is 49.1 Å². The molecular formula is C25H30N4O4. The molecule has 0 aromatic heterocycles. The molecule has 2 aromatic rings. The molecule has 2 bridgehead atoms. The van der Waals surface area contributed by atoms with Gasteiger partial charge in [0, 0.05) is 37.0 Å². The van der Waals surface area contributed by atoms with E-state index in [2.05, 4.69) is 34.5 Å². The number of urea groups is 1. The van der Waals surface area contributed by atoms with Crippen molar-refractivity contribution in [2.24, 2.45) is 5.10 Å². The third-order valence-electron chi connectivity index (χ3n) is 6.68. The SMILES string of the molecule is CNC(=O)N1CCc2cc(OC)c(OC)cc2C(c2ccc(N3CC4CCC(C3)O4)cc2)=N1. The Morgan fingerprint density at radius 3 is 2.36 bits per heavy atom. The summed E-state index contributed by atoms with van der Waals surface area (Å²) in [6.07, 6.45) is 3.63. The highest BCUT2D eigenvalue weighted by Crippen LogP contribution is 2.34. The zero-order valence-corrected chi connectivity index (χ0v) is 19.3. The average Bonchev–Trinajstić information content (AvgIpc) is 3.09. The van der Waals surface area contributed by atoms with Gasteiger partial charge in [-0.3, -0.25) is 0 Å². The van der Waals surface area contributed by atoms with Gasteiger partial charge in [-0.1, -0.05) is 12.1 Å². The maximum absolute atomic E-state index is 12.5. The maximum Gasteiger partial charge on any atom is 0.337 e. The van der Waals surface area contributed by atoms with Crippen molar-refractivity contribution in [3.8, 4) is 11.5 Å². The third kappa shape index (κ3) is 4.11. The van der Waals surface area contributed by atoms with Gasteiger partial charge in [-0.15, -0.1) is 0 Å². The number of hydrogen-bond acceptors (Lipinski definition) is 6. The van der Waals surface area contributed by atoms with Crippen LogP contribution in [0.5, 0.6) is 11.5 Å². The number of nitrogens with zero attached hydrogens (tertiary/aromatic N) is 3. The van der Waals surface area contributed by atoms with Crippen molar-refractivity contribution in [2.45, 2.75) is 31.5 Å². The number of fused-ring (bicyclic) bond motifs is 3. The summed E-state index contributed by atoms with van der Waals surface area (Å²) < 4.78 is 17.0. The van der Waals surface area contributed by atoms with Crippen LogP contribution in [0.25, 0.3) is 0 Å². The van der Waals surface area contributed by atoms with Gasteiger partial charge in [0.25, 0.3) is 0 Å². The van der Waals surface area contributed by atoms with Gasteiger partial charge < -0.3 is 24.4 Å². The Kier molecular flexibility index (Phi) is 5.85. The molecule has 0 radical (unpaired) electrons. The van der Waals surface area contributed by atoms with Crippen molar-refractivity contribution in [1.82, 2.24) is 10.3 Å². The van der Waals surface area contributed by atoms with E-state index in [4.69, 9.17) is 19.3 Å². The lowest BCUT2D eigenvalue weighted by Crippen LogP contribution is -2.42. The molecule has 3 heterocycles. The third-order valence-corrected chi connectivity index (χ3v) is 6.68. The zero-order chi connectivity index (χ0) is 22.9. The van der Waals surface area contributed by atoms with E-state index in [9.17, 15) is 4.79 Å². The number of ether oxygens (including phenoxy) is 3. The summed E-state index contributed by atoms with van der Waals surface area (Å²) in [5.41, 5.74) is 4.87. The first-order chi connectivity index (χ1) is 16.1. The number of morpholine rings is 1. The predicted octanol–water partition coefficient (Wildman–Crippen LogP) is 3.02. The number of carbonyl (C=O) groups is 1. The number of carbonyl (C=O) groups excluding carboxylic acids is 1. The highest BCUT2D eigenvalue weighted by molar-refractivity contribution is 6.14. The van der Waals surface area contributed by atoms with Crippen molar-refractivity contribution >= 4 is 17.4 Å². The van der Waals surface area contributed by atoms with E-state index < -0.39 is 0 Å². The molecule has 33 heavy (non-hydrogen) atoms. The summed E-state index contributed by atoms with van der Waals surface area (Å²) in [5, 5.41) is 8.95. The largest absolute Gasteiger partial charge is 0.493 e. The number of hydrazone groups is 1. The lowest BCUT2D eigenvalue weighted by atomic mass is 9.95. The van der Waals surface area contributed by atoms with Crippen LogP contribution in [0.3, 0.4) is 0 Å². The van der Waals surface area contributed by atoms with Gasteiger partial charge in [-0.2, -0.15) is 5.10 Å². The monoisotopic (exact) mass is 450 g/mol. The molecule has 0 aliphatic carbocycles. The highest BCUT2D eigenvalue weighted by atomic mass is 16.5. The van der Waals surface area contributed by atoms with Crippen LogP contribution in [0.15, 0.2) is 41.5 Å². The lowest BCUT2D eigenvalue weighted by molar-refractivity contribution is 0.0305. The lowest BCUT2D eigenvalue weighted by Gasteiger charge is -2.34. The molecule has 2 atom stereocenters. The molecule has 8 heteroatoms. The van der Waals surface area contributed by atoms with E-state index in [1.807, 2.05) is 12.1 Å². The van der Waals surface area contributed by atoms with E-state index in [1.165, 1.54) is 10.7 Å². The van der Waals surface area contributed by atoms with Gasteiger partial charge in [0.05, 0.1) is 38.7 Å². The van der Waals surface area contributed by atoms with Crippen LogP contribution in [0, 0.1) is 0 Å². The van der Waals surface area contributed by atoms with Crippen LogP contribution >= 0.6 is 0 Å². The molecule has 3 aliphatic heterocycles. The van der Waals surface area contributed by atoms with Crippen LogP contribution in [-0.4, -0.2) is 69.9 Å². The number of rotatable bonds is 4. The summed E-state index contributed by atoms with van der Waals surface area (Å²) in [4.78, 5) is 14.9. The minimum absolute atomic E-state index is 0.236. The van der Waals surface area contributed by atoms with Gasteiger partial charge >= 0.3 is 6.03 Å². The van der Waals surface area contributed by atoms with Crippen molar-refractivity contribution in [3.63, 3.8) is 0 Å². The second-order valence-corrected chi connectivity index (χ2v) is 8.65. The van der Waals surface area contributed by atoms with E-state index in [-0.39, 0.29) is 6.03 Å². The molecule has 8 nitrogen and oxygen atoms in total. The number of nitrogens with one attached hydrogen (secondary N) is 1. The first-order valence-electron chi connectivity index (χ1n) is 11.4. The smallest absolute Gasteiger partial charge is 0.337 e. The minimum atomic E-state index is -0.236. The van der Waals surface area contributed by atoms with Gasteiger partial charge in [0.2, 0.25) is 0 Å². The van der Waals surface area contributed by atoms with Crippen LogP contribution in [0.2, 0.25) is 0 Å². The molecule has 5 rings (SSSR count). The molecule has 1 N–H and O–H groups in total. The van der Waals surface area contributed by atoms with E-state index in [0.29, 0.717) is 36.7 Å². The molecule has 174 valence electrons. The van der Waals surface area contributed by atoms with Crippen LogP contribution < -0.4 is 19.7 Å². The number of anilines is 1. The Labute approximate surface area is 194 Å². The minimum Gasteiger partial charge on any atom is -0.493 e. The topological polar surface area (TPSA) is 75.6 Å². The summed E-state index contributed by atoms with van der Waals surface area (Å²) >= 11 is 0. The first-order valence-corrected chi connectivity index (χ1v) is 11.4. The fraction of sp³-hybridized carbons (Fsp3) is 0.440. The Balaban J connectivity index is 1.52. The molecular weight excluding hydrogens is 420 g/mol. The quantitative estimate of drug-likeness (QED) is 0.775. The number of amides is 2. The molecule has 2 unspecified atom stereocenters. The number of benzene rings is 2. The summed E-state index contributed by atoms with van der Waals surface area (Å²) in [6, 6.07) is 12.1. The first kappa shape index (κ1) is 21.6. The van der Waals surface area contributed by atoms with Gasteiger partial charge in [0.15, 0.2) is 11.5 Å². The van der Waals surface area contributed by atoms with Crippen molar-refractivity contribution in [2.75, 3.05) is 45.8 Å². The Morgan fingerprint density at radius 1 is 1.06 bits per heavy atom. The molecule has 2 fully saturated rings. The fourth-order valence-electron chi connectivity index (χ4n) is 4.94. The van der Waals surface area contributed by atoms with Crippen molar-refractivity contribution < 1.29 is 19.0 Å². The van der Waals surface area contributed by atoms with Crippen LogP contribution in [-0.2, 0) is 11.2 Å². The maximum atomic E-state index is 12.5. The van der Waals surface area contributed by atoms with E-state index in [1.54, 1.807) is 21.3 Å². The normalized spacial score (nSPS) is 21.7. The average molecular weight is 451 g/mol. The Hall–Kier alpha value is -3.26. The second kappa shape index (κ2) is 8.94. The Bertz CT molecular complexity index is 1060. The fourth-order valence-corrected chi connectivity index (χ4v) is 4.94. The molecule has 2 saturated heterocycles. The van der Waals surface area contributed by atoms with Gasteiger partial charge in [-0.25, -0.2) is 9.80 Å². The Morgan fingerprint density at radius 2 is 1.73 bits per heavy atom. The number of methoxy groups -OCH3 is 2. The summed E-state index contributed by atoms with van der Waals surface area (Å²) in [6.45, 7) is 2.34. The van der Waals surface area contributed by atoms with E-state index in [0.717, 1.165) is 48.3 Å². The number of hydrogen-bond donors (Lipinski definition) is 1. The second-order valence-electron chi connectivity index (χ2n) is 8.65. The molecule has 3 aliphatic rings. The standard InChI is InChI=1S/C25H30N4O4/c1-26-25(30)29-11-10-17-12-22(31-2)23(32-3)13-21(17)24(27-29)16-4-6-18(7-5-16)28-14-19-8-9-20(15-28)33-19/h4-7,12-13,19-20H,8-11,14-15H2,1-3H3,(H,26,30). The highest BCUT2D eigenvalue weighted by Gasteiger charge is 2.33. The predicted molar refractivity (Wildman–Crippen MR) is 127 cm³/mol. The van der Waals surface area contributed by atoms with Crippen molar-refractivity contribution in [3.05, 3.63) is 53.1 Å².